The van der Waals surface area contributed by atoms with E-state index in [4.69, 9.17) is 0 Å². The normalized spacial score (nSPS) is 18.5. The maximum absolute atomic E-state index is 3.44. The van der Waals surface area contributed by atoms with E-state index in [1.807, 2.05) is 0 Å². The van der Waals surface area contributed by atoms with Gasteiger partial charge >= 0.3 is 26.2 Å². The third-order valence-electron chi connectivity index (χ3n) is 5.12. The number of halogens is 2. The first-order valence-electron chi connectivity index (χ1n) is 8.32. The summed E-state index contributed by atoms with van der Waals surface area (Å²) < 4.78 is 0. The summed E-state index contributed by atoms with van der Waals surface area (Å²) in [6.07, 6.45) is 8.37. The molecule has 0 aliphatic heterocycles. The first kappa shape index (κ1) is 34.0. The zero-order valence-electron chi connectivity index (χ0n) is 18.3. The average molecular weight is 565 g/mol. The van der Waals surface area contributed by atoms with Crippen molar-refractivity contribution in [2.24, 2.45) is 10.8 Å². The minimum Gasteiger partial charge on any atom is -0.263 e. The molecule has 0 spiro atoms. The smallest absolute Gasteiger partial charge is 0.263 e. The molecule has 0 nitrogen and oxygen atoms in total. The molecule has 0 heterocycles. The summed E-state index contributed by atoms with van der Waals surface area (Å²) in [5.41, 5.74) is 8.79. The number of allylic oxidation sites excluding steroid dienone is 9. The third-order valence-corrected chi connectivity index (χ3v) is 5.12. The van der Waals surface area contributed by atoms with Crippen molar-refractivity contribution in [1.82, 2.24) is 0 Å². The Morgan fingerprint density at radius 2 is 0.923 bits per heavy atom. The van der Waals surface area contributed by atoms with Gasteiger partial charge in [-0.05, 0) is 0 Å². The van der Waals surface area contributed by atoms with Gasteiger partial charge < -0.3 is 0 Å². The Bertz CT molecular complexity index is 535. The van der Waals surface area contributed by atoms with Crippen LogP contribution >= 0.6 is 34.0 Å². The van der Waals surface area contributed by atoms with E-state index in [1.54, 1.807) is 0 Å². The molecule has 147 valence electrons. The van der Waals surface area contributed by atoms with Gasteiger partial charge in [0, 0.05) is 0 Å². The van der Waals surface area contributed by atoms with Crippen LogP contribution in [0, 0.1) is 29.9 Å². The van der Waals surface area contributed by atoms with Gasteiger partial charge in [-0.15, -0.1) is 47.8 Å². The summed E-state index contributed by atoms with van der Waals surface area (Å²) in [6, 6.07) is 0. The van der Waals surface area contributed by atoms with Crippen molar-refractivity contribution in [2.75, 3.05) is 0 Å². The van der Waals surface area contributed by atoms with Crippen LogP contribution in [-0.4, -0.2) is 0 Å². The van der Waals surface area contributed by atoms with E-state index in [-0.39, 0.29) is 71.0 Å². The average Bonchev–Trinajstić information content (AvgIpc) is 2.71. The van der Waals surface area contributed by atoms with E-state index in [1.165, 1.54) is 39.5 Å². The molecule has 0 aromatic carbocycles. The molecule has 0 aromatic rings. The van der Waals surface area contributed by atoms with Gasteiger partial charge in [0.1, 0.15) is 0 Å². The summed E-state index contributed by atoms with van der Waals surface area (Å²) in [5.74, 6) is 0. The predicted octanol–water partition coefficient (Wildman–Crippen LogP) is 8.38. The molecule has 0 bridgehead atoms. The Kier molecular flexibility index (Phi) is 17.7. The summed E-state index contributed by atoms with van der Waals surface area (Å²) in [7, 11) is 0. The summed E-state index contributed by atoms with van der Waals surface area (Å²) in [6.45, 7) is 28.3. The van der Waals surface area contributed by atoms with Crippen LogP contribution in [0.4, 0.5) is 0 Å². The quantitative estimate of drug-likeness (QED) is 0.259. The molecular weight excluding hydrogens is 527 g/mol. The monoisotopic (exact) mass is 561 g/mol. The maximum atomic E-state index is 3.44. The van der Waals surface area contributed by atoms with E-state index < -0.39 is 0 Å². The minimum absolute atomic E-state index is 0. The van der Waals surface area contributed by atoms with E-state index >= 15 is 0 Å². The van der Waals surface area contributed by atoms with Crippen LogP contribution in [0.3, 0.4) is 0 Å². The fourth-order valence-electron chi connectivity index (χ4n) is 2.81. The molecule has 0 saturated heterocycles. The van der Waals surface area contributed by atoms with Crippen LogP contribution in [0.1, 0.15) is 69.2 Å². The largest absolute Gasteiger partial charge is 3.00 e. The molecule has 0 unspecified atom stereocenters. The Hall–Kier alpha value is 0.413. The van der Waals surface area contributed by atoms with Gasteiger partial charge in [0.05, 0.1) is 0 Å². The molecule has 0 aromatic heterocycles. The Morgan fingerprint density at radius 1 is 0.731 bits per heavy atom. The molecular formula is C23H37Br2Zr. The van der Waals surface area contributed by atoms with Crippen molar-refractivity contribution in [1.29, 1.82) is 0 Å². The minimum atomic E-state index is 0. The van der Waals surface area contributed by atoms with Crippen molar-refractivity contribution < 1.29 is 26.2 Å². The van der Waals surface area contributed by atoms with Crippen molar-refractivity contribution >= 4 is 34.0 Å². The predicted molar refractivity (Wildman–Crippen MR) is 125 cm³/mol. The van der Waals surface area contributed by atoms with E-state index in [9.17, 15) is 0 Å². The molecule has 0 saturated carbocycles. The Morgan fingerprint density at radius 3 is 0.962 bits per heavy atom. The molecule has 0 N–H and O–H groups in total. The zero-order chi connectivity index (χ0) is 18.6. The zero-order valence-corrected chi connectivity index (χ0v) is 24.2. The fourth-order valence-corrected chi connectivity index (χ4v) is 2.81. The molecule has 2 aliphatic rings. The van der Waals surface area contributed by atoms with Gasteiger partial charge in [-0.3, -0.25) is 12.2 Å². The summed E-state index contributed by atoms with van der Waals surface area (Å²) in [5, 5.41) is 0. The molecule has 0 fully saturated rings. The number of hydrogen-bond donors (Lipinski definition) is 0. The second-order valence-corrected chi connectivity index (χ2v) is 7.54. The van der Waals surface area contributed by atoms with Crippen molar-refractivity contribution in [2.45, 2.75) is 69.2 Å². The van der Waals surface area contributed by atoms with Crippen LogP contribution in [0.2, 0.25) is 0 Å². The van der Waals surface area contributed by atoms with Gasteiger partial charge in [-0.25, -0.2) is 30.7 Å². The van der Waals surface area contributed by atoms with Crippen molar-refractivity contribution in [3.05, 3.63) is 65.2 Å². The van der Waals surface area contributed by atoms with Crippen LogP contribution in [-0.2, 0) is 26.2 Å². The van der Waals surface area contributed by atoms with Gasteiger partial charge in [-0.2, -0.15) is 22.3 Å². The second-order valence-electron chi connectivity index (χ2n) is 7.54. The molecule has 1 radical (unpaired) electrons. The second kappa shape index (κ2) is 13.6. The van der Waals surface area contributed by atoms with Gasteiger partial charge in [0.2, 0.25) is 0 Å². The van der Waals surface area contributed by atoms with Gasteiger partial charge in [0.15, 0.2) is 0 Å². The first-order chi connectivity index (χ1) is 10.3. The third kappa shape index (κ3) is 9.07. The number of rotatable bonds is 0. The van der Waals surface area contributed by atoms with Crippen LogP contribution in [0.15, 0.2) is 46.1 Å². The van der Waals surface area contributed by atoms with Gasteiger partial charge in [0.25, 0.3) is 0 Å². The fraction of sp³-hybridized carbons (Fsp3) is 0.522. The molecule has 26 heavy (non-hydrogen) atoms. The molecule has 0 atom stereocenters. The SMILES string of the molecule is Br.Br.C=C[CH2-].CC1=[C-]C(C)(C)C(C)=C1C.CC1=[C-]C(C)(C)C(C)=C1C.[Zr+3]. The maximum Gasteiger partial charge on any atom is 3.00 e. The molecule has 2 rings (SSSR count). The molecule has 0 amide bonds. The molecule has 3 heteroatoms. The first-order valence-corrected chi connectivity index (χ1v) is 8.32. The van der Waals surface area contributed by atoms with Crippen LogP contribution in [0.5, 0.6) is 0 Å². The van der Waals surface area contributed by atoms with Crippen molar-refractivity contribution in [3.63, 3.8) is 0 Å². The van der Waals surface area contributed by atoms with E-state index in [0.717, 1.165) is 0 Å². The van der Waals surface area contributed by atoms with Gasteiger partial charge in [-0.1, -0.05) is 66.2 Å². The van der Waals surface area contributed by atoms with Crippen molar-refractivity contribution in [3.8, 4) is 0 Å². The van der Waals surface area contributed by atoms with E-state index in [0.29, 0.717) is 0 Å². The Balaban J connectivity index is -0.000000147. The Labute approximate surface area is 204 Å². The van der Waals surface area contributed by atoms with E-state index in [2.05, 4.69) is 94.9 Å². The summed E-state index contributed by atoms with van der Waals surface area (Å²) >= 11 is 0. The van der Waals surface area contributed by atoms with Crippen LogP contribution < -0.4 is 0 Å². The summed E-state index contributed by atoms with van der Waals surface area (Å²) in [4.78, 5) is 0. The van der Waals surface area contributed by atoms with Crippen LogP contribution in [0.25, 0.3) is 0 Å². The standard InChI is InChI=1S/2C10H15.C3H5.2BrH.Zr/c2*1-7-6-10(4,5)9(3)8(7)2;1-3-2;;;/h2*1-5H3;3H,1-2H2;2*1H;/q3*-1;;;+3. The topological polar surface area (TPSA) is 0 Å². The molecule has 2 aliphatic carbocycles. The number of hydrogen-bond acceptors (Lipinski definition) is 0.